The Hall–Kier alpha value is -1.30. The van der Waals surface area contributed by atoms with E-state index in [1.54, 1.807) is 12.1 Å². The number of hydrogen-bond donors (Lipinski definition) is 2. The quantitative estimate of drug-likeness (QED) is 0.890. The average molecular weight is 298 g/mol. The summed E-state index contributed by atoms with van der Waals surface area (Å²) in [5.41, 5.74) is 7.14. The molecule has 2 rings (SSSR count). The minimum Gasteiger partial charge on any atom is -0.376 e. The Labute approximate surface area is 124 Å². The second-order valence-corrected chi connectivity index (χ2v) is 5.54. The molecule has 1 aliphatic heterocycles. The molecule has 1 saturated heterocycles. The van der Waals surface area contributed by atoms with E-state index in [0.29, 0.717) is 23.7 Å². The van der Waals surface area contributed by atoms with Crippen LogP contribution < -0.4 is 16.0 Å². The summed E-state index contributed by atoms with van der Waals surface area (Å²) in [7, 11) is 3.82. The van der Waals surface area contributed by atoms with Gasteiger partial charge in [0, 0.05) is 25.7 Å². The Morgan fingerprint density at radius 3 is 2.85 bits per heavy atom. The van der Waals surface area contributed by atoms with Crippen molar-refractivity contribution in [2.45, 2.75) is 25.0 Å². The Morgan fingerprint density at radius 2 is 2.25 bits per heavy atom. The molecule has 0 bridgehead atoms. The van der Waals surface area contributed by atoms with E-state index in [1.807, 2.05) is 25.1 Å². The molecule has 0 unspecified atom stereocenters. The van der Waals surface area contributed by atoms with Crippen molar-refractivity contribution in [2.75, 3.05) is 30.9 Å². The number of nitrogens with two attached hydrogens (primary N) is 1. The lowest BCUT2D eigenvalue weighted by molar-refractivity contribution is -0.126. The fourth-order valence-corrected chi connectivity index (χ4v) is 2.46. The molecule has 1 aliphatic rings. The third-order valence-electron chi connectivity index (χ3n) is 3.36. The minimum atomic E-state index is -0.433. The highest BCUT2D eigenvalue weighted by Gasteiger charge is 2.30. The van der Waals surface area contributed by atoms with E-state index in [1.165, 1.54) is 0 Å². The summed E-state index contributed by atoms with van der Waals surface area (Å²) < 4.78 is 5.59. The van der Waals surface area contributed by atoms with Crippen LogP contribution in [0.3, 0.4) is 0 Å². The lowest BCUT2D eigenvalue weighted by Gasteiger charge is -2.19. The molecule has 5 nitrogen and oxygen atoms in total. The van der Waals surface area contributed by atoms with Gasteiger partial charge in [-0.1, -0.05) is 11.6 Å². The SMILES string of the molecule is CN(C)c1ccc(Cl)cc1NC(=O)[C@@H]1CC[C@H](CN)O1. The predicted octanol–water partition coefficient (Wildman–Crippen LogP) is 1.85. The second-order valence-electron chi connectivity index (χ2n) is 5.10. The van der Waals surface area contributed by atoms with Gasteiger partial charge in [0.1, 0.15) is 6.10 Å². The van der Waals surface area contributed by atoms with Gasteiger partial charge >= 0.3 is 0 Å². The lowest BCUT2D eigenvalue weighted by atomic mass is 10.2. The number of carbonyl (C=O) groups is 1. The van der Waals surface area contributed by atoms with Crippen molar-refractivity contribution in [2.24, 2.45) is 5.73 Å². The number of amides is 1. The molecular formula is C14H20ClN3O2. The van der Waals surface area contributed by atoms with Crippen LogP contribution in [0.4, 0.5) is 11.4 Å². The largest absolute Gasteiger partial charge is 0.376 e. The lowest BCUT2D eigenvalue weighted by Crippen LogP contribution is -2.30. The van der Waals surface area contributed by atoms with Crippen molar-refractivity contribution >= 4 is 28.9 Å². The summed E-state index contributed by atoms with van der Waals surface area (Å²) in [5.74, 6) is -0.147. The number of carbonyl (C=O) groups excluding carboxylic acids is 1. The van der Waals surface area contributed by atoms with Crippen LogP contribution in [0.1, 0.15) is 12.8 Å². The zero-order valence-electron chi connectivity index (χ0n) is 11.7. The first-order valence-corrected chi connectivity index (χ1v) is 7.02. The maximum absolute atomic E-state index is 12.2. The Morgan fingerprint density at radius 1 is 1.50 bits per heavy atom. The molecule has 1 aromatic rings. The number of hydrogen-bond acceptors (Lipinski definition) is 4. The van der Waals surface area contributed by atoms with Gasteiger partial charge in [-0.05, 0) is 31.0 Å². The van der Waals surface area contributed by atoms with Crippen LogP contribution in [0.5, 0.6) is 0 Å². The fourth-order valence-electron chi connectivity index (χ4n) is 2.28. The molecule has 1 aromatic carbocycles. The molecule has 0 spiro atoms. The van der Waals surface area contributed by atoms with Gasteiger partial charge in [0.15, 0.2) is 0 Å². The average Bonchev–Trinajstić information content (AvgIpc) is 2.87. The Bertz CT molecular complexity index is 493. The van der Waals surface area contributed by atoms with E-state index in [2.05, 4.69) is 5.32 Å². The van der Waals surface area contributed by atoms with Gasteiger partial charge in [0.2, 0.25) is 0 Å². The maximum Gasteiger partial charge on any atom is 0.253 e. The van der Waals surface area contributed by atoms with Crippen molar-refractivity contribution < 1.29 is 9.53 Å². The smallest absolute Gasteiger partial charge is 0.253 e. The van der Waals surface area contributed by atoms with Crippen molar-refractivity contribution in [3.8, 4) is 0 Å². The van der Waals surface area contributed by atoms with Crippen molar-refractivity contribution in [1.82, 2.24) is 0 Å². The summed E-state index contributed by atoms with van der Waals surface area (Å²) in [6.45, 7) is 0.448. The van der Waals surface area contributed by atoms with Gasteiger partial charge < -0.3 is 20.7 Å². The number of nitrogens with one attached hydrogen (secondary N) is 1. The molecule has 1 amide bonds. The highest BCUT2D eigenvalue weighted by Crippen LogP contribution is 2.29. The van der Waals surface area contributed by atoms with Crippen LogP contribution in [-0.2, 0) is 9.53 Å². The number of nitrogens with zero attached hydrogens (tertiary/aromatic N) is 1. The monoisotopic (exact) mass is 297 g/mol. The number of anilines is 2. The highest BCUT2D eigenvalue weighted by atomic mass is 35.5. The molecule has 0 radical (unpaired) electrons. The zero-order chi connectivity index (χ0) is 14.7. The molecule has 0 saturated carbocycles. The molecule has 110 valence electrons. The summed E-state index contributed by atoms with van der Waals surface area (Å²) in [6.07, 6.45) is 1.08. The summed E-state index contributed by atoms with van der Waals surface area (Å²) in [6, 6.07) is 5.41. The molecule has 0 aromatic heterocycles. The molecule has 6 heteroatoms. The molecule has 1 fully saturated rings. The molecule has 20 heavy (non-hydrogen) atoms. The topological polar surface area (TPSA) is 67.6 Å². The molecule has 2 atom stereocenters. The predicted molar refractivity (Wildman–Crippen MR) is 81.4 cm³/mol. The number of benzene rings is 1. The normalized spacial score (nSPS) is 21.8. The van der Waals surface area contributed by atoms with E-state index in [9.17, 15) is 4.79 Å². The van der Waals surface area contributed by atoms with Crippen LogP contribution in [0, 0.1) is 0 Å². The zero-order valence-corrected chi connectivity index (χ0v) is 12.5. The van der Waals surface area contributed by atoms with Gasteiger partial charge in [-0.25, -0.2) is 0 Å². The first kappa shape index (κ1) is 15.1. The van der Waals surface area contributed by atoms with Crippen LogP contribution in [-0.4, -0.2) is 38.8 Å². The molecule has 0 aliphatic carbocycles. The van der Waals surface area contributed by atoms with Crippen LogP contribution in [0.2, 0.25) is 5.02 Å². The van der Waals surface area contributed by atoms with E-state index < -0.39 is 6.10 Å². The third kappa shape index (κ3) is 3.42. The minimum absolute atomic E-state index is 0.0153. The van der Waals surface area contributed by atoms with E-state index in [4.69, 9.17) is 22.1 Å². The fraction of sp³-hybridized carbons (Fsp3) is 0.500. The number of rotatable bonds is 4. The number of halogens is 1. The van der Waals surface area contributed by atoms with E-state index in [0.717, 1.165) is 12.1 Å². The van der Waals surface area contributed by atoms with Crippen LogP contribution >= 0.6 is 11.6 Å². The first-order chi connectivity index (χ1) is 9.51. The van der Waals surface area contributed by atoms with Gasteiger partial charge in [-0.15, -0.1) is 0 Å². The van der Waals surface area contributed by atoms with E-state index >= 15 is 0 Å². The van der Waals surface area contributed by atoms with Crippen molar-refractivity contribution in [3.63, 3.8) is 0 Å². The third-order valence-corrected chi connectivity index (χ3v) is 3.60. The van der Waals surface area contributed by atoms with E-state index in [-0.39, 0.29) is 12.0 Å². The summed E-state index contributed by atoms with van der Waals surface area (Å²) in [4.78, 5) is 14.1. The van der Waals surface area contributed by atoms with Gasteiger partial charge in [-0.3, -0.25) is 4.79 Å². The van der Waals surface area contributed by atoms with Crippen molar-refractivity contribution in [1.29, 1.82) is 0 Å². The molecule has 1 heterocycles. The maximum atomic E-state index is 12.2. The van der Waals surface area contributed by atoms with Crippen LogP contribution in [0.25, 0.3) is 0 Å². The second kappa shape index (κ2) is 6.43. The molecule has 3 N–H and O–H groups in total. The van der Waals surface area contributed by atoms with Gasteiger partial charge in [0.05, 0.1) is 17.5 Å². The molecular weight excluding hydrogens is 278 g/mol. The Kier molecular flexibility index (Phi) is 4.86. The van der Waals surface area contributed by atoms with Gasteiger partial charge in [0.25, 0.3) is 5.91 Å². The number of ether oxygens (including phenoxy) is 1. The Balaban J connectivity index is 2.09. The first-order valence-electron chi connectivity index (χ1n) is 6.64. The van der Waals surface area contributed by atoms with Crippen molar-refractivity contribution in [3.05, 3.63) is 23.2 Å². The van der Waals surface area contributed by atoms with Gasteiger partial charge in [-0.2, -0.15) is 0 Å². The highest BCUT2D eigenvalue weighted by molar-refractivity contribution is 6.31. The standard InChI is InChI=1S/C14H20ClN3O2/c1-18(2)12-5-3-9(15)7-11(12)17-14(19)13-6-4-10(8-16)20-13/h3,5,7,10,13H,4,6,8,16H2,1-2H3,(H,17,19)/t10-,13+/m1/s1. The summed E-state index contributed by atoms with van der Waals surface area (Å²) in [5, 5.41) is 3.47. The van der Waals surface area contributed by atoms with Crippen LogP contribution in [0.15, 0.2) is 18.2 Å². The summed E-state index contributed by atoms with van der Waals surface area (Å²) >= 11 is 5.99.